The van der Waals surface area contributed by atoms with Crippen LogP contribution in [0.25, 0.3) is 10.9 Å². The van der Waals surface area contributed by atoms with E-state index in [9.17, 15) is 19.2 Å². The number of aromatic nitrogens is 2. The molecule has 4 rings (SSSR count). The number of likely N-dealkylation sites (tertiary alicyclic amines) is 1. The van der Waals surface area contributed by atoms with Gasteiger partial charge in [-0.05, 0) is 46.6 Å². The Hall–Kier alpha value is -4.08. The van der Waals surface area contributed by atoms with E-state index in [1.807, 2.05) is 26.8 Å². The van der Waals surface area contributed by atoms with Gasteiger partial charge in [-0.3, -0.25) is 14.4 Å². The molecule has 1 aliphatic heterocycles. The van der Waals surface area contributed by atoms with Gasteiger partial charge in [-0.1, -0.05) is 30.3 Å². The van der Waals surface area contributed by atoms with Crippen LogP contribution in [-0.4, -0.2) is 63.7 Å². The number of piperidine rings is 1. The highest BCUT2D eigenvalue weighted by molar-refractivity contribution is 6.04. The van der Waals surface area contributed by atoms with E-state index in [1.54, 1.807) is 53.8 Å². The molecule has 208 valence electrons. The molecule has 1 fully saturated rings. The molecule has 10 nitrogen and oxygen atoms in total. The predicted octanol–water partition coefficient (Wildman–Crippen LogP) is 3.67. The summed E-state index contributed by atoms with van der Waals surface area (Å²) in [6, 6.07) is 10.4. The van der Waals surface area contributed by atoms with Crippen LogP contribution in [-0.2, 0) is 18.3 Å². The van der Waals surface area contributed by atoms with Crippen molar-refractivity contribution in [2.45, 2.75) is 58.7 Å². The van der Waals surface area contributed by atoms with Gasteiger partial charge in [0.15, 0.2) is 17.2 Å². The number of carbonyl (C=O) groups excluding carboxylic acids is 3. The van der Waals surface area contributed by atoms with Gasteiger partial charge in [0.1, 0.15) is 11.0 Å². The molecule has 3 aromatic rings. The van der Waals surface area contributed by atoms with Gasteiger partial charge in [0.25, 0.3) is 11.5 Å². The van der Waals surface area contributed by atoms with E-state index >= 15 is 0 Å². The topological polar surface area (TPSA) is 112 Å². The van der Waals surface area contributed by atoms with E-state index in [4.69, 9.17) is 9.47 Å². The minimum Gasteiger partial charge on any atom is -0.493 e. The summed E-state index contributed by atoms with van der Waals surface area (Å²) in [6.07, 6.45) is 0.787. The molecule has 1 aliphatic rings. The number of benzene rings is 1. The quantitative estimate of drug-likeness (QED) is 0.481. The number of hydrogen-bond donors (Lipinski definition) is 1. The van der Waals surface area contributed by atoms with Gasteiger partial charge in [0.2, 0.25) is 0 Å². The Bertz CT molecular complexity index is 1460. The molecular formula is C29H36N4O6. The number of rotatable bonds is 6. The average molecular weight is 537 g/mol. The van der Waals surface area contributed by atoms with Crippen molar-refractivity contribution in [2.24, 2.45) is 7.05 Å². The molecule has 1 saturated heterocycles. The van der Waals surface area contributed by atoms with Gasteiger partial charge >= 0.3 is 6.09 Å². The Kier molecular flexibility index (Phi) is 7.85. The van der Waals surface area contributed by atoms with Gasteiger partial charge in [-0.25, -0.2) is 4.79 Å². The van der Waals surface area contributed by atoms with Crippen molar-refractivity contribution >= 4 is 28.7 Å². The first-order valence-electron chi connectivity index (χ1n) is 13.0. The lowest BCUT2D eigenvalue weighted by Gasteiger charge is -2.33. The standard InChI is InChI=1S/C29H36N4O6/c1-18-16-21-23(27(36)33(18)17-22(34)19-10-8-7-9-11-19)25(38-6)24(31(21)5)26(35)30-20-12-14-32(15-13-20)28(37)39-29(2,3)4/h7-11,16,20H,12-15,17H2,1-6H3,(H,30,35). The summed E-state index contributed by atoms with van der Waals surface area (Å²) in [5.41, 5.74) is 0.918. The summed E-state index contributed by atoms with van der Waals surface area (Å²) in [4.78, 5) is 53.9. The molecule has 0 saturated carbocycles. The smallest absolute Gasteiger partial charge is 0.410 e. The Morgan fingerprint density at radius 2 is 1.72 bits per heavy atom. The molecule has 2 aromatic heterocycles. The monoisotopic (exact) mass is 536 g/mol. The highest BCUT2D eigenvalue weighted by Gasteiger charge is 2.30. The maximum absolute atomic E-state index is 13.6. The van der Waals surface area contributed by atoms with Crippen LogP contribution in [0.5, 0.6) is 5.75 Å². The van der Waals surface area contributed by atoms with E-state index in [0.29, 0.717) is 42.7 Å². The first-order chi connectivity index (χ1) is 18.4. The molecule has 2 amide bonds. The fourth-order valence-electron chi connectivity index (χ4n) is 4.92. The van der Waals surface area contributed by atoms with Crippen molar-refractivity contribution in [1.29, 1.82) is 0 Å². The lowest BCUT2D eigenvalue weighted by atomic mass is 10.1. The lowest BCUT2D eigenvalue weighted by molar-refractivity contribution is 0.0199. The second-order valence-corrected chi connectivity index (χ2v) is 10.9. The first-order valence-corrected chi connectivity index (χ1v) is 13.0. The molecule has 0 spiro atoms. The molecule has 10 heteroatoms. The van der Waals surface area contributed by atoms with Crippen LogP contribution in [0.2, 0.25) is 0 Å². The van der Waals surface area contributed by atoms with Crippen LogP contribution < -0.4 is 15.6 Å². The number of carbonyl (C=O) groups is 3. The third-order valence-corrected chi connectivity index (χ3v) is 6.92. The van der Waals surface area contributed by atoms with Crippen LogP contribution in [0.4, 0.5) is 4.79 Å². The number of fused-ring (bicyclic) bond motifs is 1. The zero-order valence-corrected chi connectivity index (χ0v) is 23.4. The zero-order valence-electron chi connectivity index (χ0n) is 23.4. The van der Waals surface area contributed by atoms with Crippen molar-refractivity contribution in [2.75, 3.05) is 20.2 Å². The SMILES string of the molecule is COc1c(C(=O)NC2CCN(C(=O)OC(C)(C)C)CC2)n(C)c2cc(C)n(CC(=O)c3ccccc3)c(=O)c12. The molecule has 0 bridgehead atoms. The number of hydrogen-bond acceptors (Lipinski definition) is 6. The maximum atomic E-state index is 13.6. The number of pyridine rings is 1. The third kappa shape index (κ3) is 5.84. The fraction of sp³-hybridized carbons (Fsp3) is 0.448. The summed E-state index contributed by atoms with van der Waals surface area (Å²) < 4.78 is 14.1. The summed E-state index contributed by atoms with van der Waals surface area (Å²) >= 11 is 0. The molecule has 0 unspecified atom stereocenters. The van der Waals surface area contributed by atoms with Crippen molar-refractivity contribution < 1.29 is 23.9 Å². The Morgan fingerprint density at radius 1 is 1.08 bits per heavy atom. The number of ether oxygens (including phenoxy) is 2. The number of nitrogens with zero attached hydrogens (tertiary/aromatic N) is 3. The van der Waals surface area contributed by atoms with Crippen molar-refractivity contribution in [3.05, 3.63) is 63.7 Å². The zero-order chi connectivity index (χ0) is 28.5. The molecule has 3 heterocycles. The predicted molar refractivity (Wildman–Crippen MR) is 148 cm³/mol. The second-order valence-electron chi connectivity index (χ2n) is 10.9. The Balaban J connectivity index is 1.57. The van der Waals surface area contributed by atoms with E-state index < -0.39 is 11.2 Å². The molecule has 1 aromatic carbocycles. The van der Waals surface area contributed by atoms with Crippen LogP contribution in [0.15, 0.2) is 41.2 Å². The first kappa shape index (κ1) is 27.9. The van der Waals surface area contributed by atoms with Gasteiger partial charge in [-0.2, -0.15) is 0 Å². The normalized spacial score (nSPS) is 14.4. The van der Waals surface area contributed by atoms with Crippen LogP contribution in [0.3, 0.4) is 0 Å². The molecular weight excluding hydrogens is 500 g/mol. The van der Waals surface area contributed by atoms with Gasteiger partial charge in [0, 0.05) is 37.4 Å². The van der Waals surface area contributed by atoms with Crippen LogP contribution >= 0.6 is 0 Å². The number of ketones is 1. The highest BCUT2D eigenvalue weighted by Crippen LogP contribution is 2.31. The van der Waals surface area contributed by atoms with Crippen LogP contribution in [0.1, 0.15) is 60.2 Å². The summed E-state index contributed by atoms with van der Waals surface area (Å²) in [5, 5.41) is 3.29. The number of methoxy groups -OCH3 is 1. The Morgan fingerprint density at radius 3 is 2.31 bits per heavy atom. The lowest BCUT2D eigenvalue weighted by Crippen LogP contribution is -2.48. The fourth-order valence-corrected chi connectivity index (χ4v) is 4.92. The van der Waals surface area contributed by atoms with Crippen molar-refractivity contribution in [1.82, 2.24) is 19.4 Å². The number of aryl methyl sites for hydroxylation is 2. The second kappa shape index (κ2) is 11.0. The third-order valence-electron chi connectivity index (χ3n) is 6.92. The largest absolute Gasteiger partial charge is 0.493 e. The number of Topliss-reactive ketones (excluding diaryl/α,β-unsaturated/α-hetero) is 1. The average Bonchev–Trinajstić information content (AvgIpc) is 3.17. The minimum absolute atomic E-state index is 0.125. The highest BCUT2D eigenvalue weighted by atomic mass is 16.6. The summed E-state index contributed by atoms with van der Waals surface area (Å²) in [5.74, 6) is -0.391. The maximum Gasteiger partial charge on any atom is 0.410 e. The van der Waals surface area contributed by atoms with Crippen LogP contribution in [0, 0.1) is 6.92 Å². The van der Waals surface area contributed by atoms with E-state index in [2.05, 4.69) is 5.32 Å². The van der Waals surface area contributed by atoms with Crippen molar-refractivity contribution in [3.63, 3.8) is 0 Å². The molecule has 0 atom stereocenters. The minimum atomic E-state index is -0.570. The summed E-state index contributed by atoms with van der Waals surface area (Å²) in [7, 11) is 3.13. The molecule has 1 N–H and O–H groups in total. The van der Waals surface area contributed by atoms with Crippen molar-refractivity contribution in [3.8, 4) is 5.75 Å². The summed E-state index contributed by atoms with van der Waals surface area (Å²) in [6.45, 7) is 8.04. The molecule has 0 radical (unpaired) electrons. The van der Waals surface area contributed by atoms with Gasteiger partial charge in [-0.15, -0.1) is 0 Å². The number of amides is 2. The van der Waals surface area contributed by atoms with E-state index in [-0.39, 0.29) is 47.2 Å². The van der Waals surface area contributed by atoms with E-state index in [0.717, 1.165) is 0 Å². The van der Waals surface area contributed by atoms with Gasteiger partial charge < -0.3 is 28.8 Å². The molecule has 39 heavy (non-hydrogen) atoms. The number of nitrogens with one attached hydrogen (secondary N) is 1. The van der Waals surface area contributed by atoms with Gasteiger partial charge in [0.05, 0.1) is 19.2 Å². The Labute approximate surface area is 227 Å². The molecule has 0 aliphatic carbocycles. The van der Waals surface area contributed by atoms with E-state index in [1.165, 1.54) is 11.7 Å².